The summed E-state index contributed by atoms with van der Waals surface area (Å²) in [5.74, 6) is 3.36. The minimum atomic E-state index is 0. The molecule has 0 radical (unpaired) electrons. The van der Waals surface area contributed by atoms with Gasteiger partial charge >= 0.3 is 0 Å². The number of benzene rings is 6. The second-order valence-electron chi connectivity index (χ2n) is 14.5. The molecule has 10 rings (SSSR count). The van der Waals surface area contributed by atoms with Gasteiger partial charge in [-0.25, -0.2) is 4.98 Å². The van der Waals surface area contributed by atoms with Crippen molar-refractivity contribution in [3.8, 4) is 40.1 Å². The van der Waals surface area contributed by atoms with Gasteiger partial charge < -0.3 is 18.3 Å². The van der Waals surface area contributed by atoms with Crippen LogP contribution in [0.5, 0.6) is 11.5 Å². The molecule has 0 bridgehead atoms. The fourth-order valence-electron chi connectivity index (χ4n) is 7.80. The fourth-order valence-corrected chi connectivity index (χ4v) is 7.80. The first kappa shape index (κ1) is 35.5. The van der Waals surface area contributed by atoms with E-state index < -0.39 is 0 Å². The van der Waals surface area contributed by atoms with E-state index in [0.717, 1.165) is 55.5 Å². The Balaban J connectivity index is 0.00000410. The molecule has 0 atom stereocenters. The number of rotatable bonds is 8. The molecule has 0 aliphatic rings. The molecule has 0 amide bonds. The van der Waals surface area contributed by atoms with Gasteiger partial charge in [0.25, 0.3) is 6.33 Å². The Kier molecular flexibility index (Phi) is 8.98. The summed E-state index contributed by atoms with van der Waals surface area (Å²) in [6.45, 7) is 8.92. The summed E-state index contributed by atoms with van der Waals surface area (Å²) in [6.07, 6.45) is 7.42. The van der Waals surface area contributed by atoms with E-state index in [1.807, 2.05) is 63.6 Å². The number of oxazole rings is 1. The van der Waals surface area contributed by atoms with Crippen LogP contribution in [-0.4, -0.2) is 18.5 Å². The Morgan fingerprint density at radius 3 is 2.16 bits per heavy atom. The molecule has 10 aromatic rings. The number of aromatic nitrogens is 5. The van der Waals surface area contributed by atoms with Gasteiger partial charge in [0.15, 0.2) is 5.76 Å². The summed E-state index contributed by atoms with van der Waals surface area (Å²) in [5.41, 5.74) is 10.1. The van der Waals surface area contributed by atoms with E-state index in [4.69, 9.17) is 14.1 Å². The van der Waals surface area contributed by atoms with Crippen molar-refractivity contribution in [1.29, 1.82) is 0 Å². The predicted octanol–water partition coefficient (Wildman–Crippen LogP) is 11.3. The first-order valence-corrected chi connectivity index (χ1v) is 18.7. The first-order chi connectivity index (χ1) is 26.9. The zero-order valence-electron chi connectivity index (χ0n) is 31.3. The van der Waals surface area contributed by atoms with Gasteiger partial charge in [0.05, 0.1) is 29.1 Å². The number of ether oxygens (including phenoxy) is 1. The van der Waals surface area contributed by atoms with Crippen molar-refractivity contribution in [2.45, 2.75) is 39.5 Å². The van der Waals surface area contributed by atoms with E-state index in [1.165, 1.54) is 11.1 Å². The van der Waals surface area contributed by atoms with Crippen molar-refractivity contribution < 1.29 is 34.8 Å². The van der Waals surface area contributed by atoms with Gasteiger partial charge in [0.1, 0.15) is 0 Å². The molecule has 6 aromatic carbocycles. The number of fused-ring (bicyclic) bond motifs is 5. The van der Waals surface area contributed by atoms with Gasteiger partial charge in [-0.15, -0.1) is 29.7 Å². The molecule has 8 heteroatoms. The second kappa shape index (κ2) is 14.2. The summed E-state index contributed by atoms with van der Waals surface area (Å²) >= 11 is 0. The zero-order chi connectivity index (χ0) is 37.2. The largest absolute Gasteiger partial charge is 0.510 e. The van der Waals surface area contributed by atoms with Gasteiger partial charge in [-0.05, 0) is 52.2 Å². The van der Waals surface area contributed by atoms with Crippen LogP contribution in [0.15, 0.2) is 144 Å². The van der Waals surface area contributed by atoms with Crippen molar-refractivity contribution in [3.05, 3.63) is 169 Å². The Labute approximate surface area is 339 Å². The molecule has 4 heterocycles. The summed E-state index contributed by atoms with van der Waals surface area (Å²) in [5, 5.41) is 2.15. The van der Waals surface area contributed by atoms with Crippen LogP contribution in [0.2, 0.25) is 0 Å². The summed E-state index contributed by atoms with van der Waals surface area (Å²) in [4.78, 5) is 4.91. The topological polar surface area (TPSA) is 53.4 Å². The molecule has 0 spiro atoms. The standard InChI is InChI=1S/C48H37N5O2.Pt/c1-31(2)37-19-13-20-38(32(3)4)47(37)45-29-50-46(55-45)28-49-48(50)53-41-21-9-8-18-39(41)40-25-24-36(27-44(40)53)54-35-17-12-16-34(26-35)52-30-51(33-14-6-5-7-15-33)42-22-10-11-23-43(42)52;/h5-25,28-29,31-32H,1-4H3;/q-2;. The average molecular weight is 911 g/mol. The van der Waals surface area contributed by atoms with Crippen molar-refractivity contribution in [2.75, 3.05) is 0 Å². The fraction of sp³-hybridized carbons (Fsp3) is 0.125. The van der Waals surface area contributed by atoms with E-state index in [-0.39, 0.29) is 21.1 Å². The van der Waals surface area contributed by atoms with Crippen LogP contribution in [0, 0.1) is 18.5 Å². The van der Waals surface area contributed by atoms with Crippen LogP contribution in [0.25, 0.3) is 67.2 Å². The molecule has 0 saturated carbocycles. The summed E-state index contributed by atoms with van der Waals surface area (Å²) in [7, 11) is 0. The molecule has 278 valence electrons. The average Bonchev–Trinajstić information content (AvgIpc) is 3.98. The third-order valence-electron chi connectivity index (χ3n) is 10.4. The maximum absolute atomic E-state index is 6.58. The van der Waals surface area contributed by atoms with Crippen LogP contribution >= 0.6 is 0 Å². The van der Waals surface area contributed by atoms with Crippen LogP contribution in [0.4, 0.5) is 0 Å². The third-order valence-corrected chi connectivity index (χ3v) is 10.4. The smallest absolute Gasteiger partial charge is 0.268 e. The summed E-state index contributed by atoms with van der Waals surface area (Å²) < 4.78 is 21.4. The summed E-state index contributed by atoms with van der Waals surface area (Å²) in [6, 6.07) is 50.5. The predicted molar refractivity (Wildman–Crippen MR) is 217 cm³/mol. The van der Waals surface area contributed by atoms with Gasteiger partial charge in [-0.3, -0.25) is 8.97 Å². The monoisotopic (exact) mass is 910 g/mol. The van der Waals surface area contributed by atoms with Gasteiger partial charge in [-0.1, -0.05) is 112 Å². The Morgan fingerprint density at radius 1 is 0.679 bits per heavy atom. The number of para-hydroxylation sites is 4. The van der Waals surface area contributed by atoms with Gasteiger partial charge in [0, 0.05) is 43.6 Å². The SMILES string of the molecule is CC(C)c1cccc(C(C)C)c1-c1cn2c(-n3c4[c-]c(Oc5[c-]c(-n6[c-][n+](-c7ccccc7)c7ccccc76)ccc5)ccc4c4ccccc43)ncc2o1.[Pt]. The number of hydrogen-bond donors (Lipinski definition) is 0. The normalized spacial score (nSPS) is 11.8. The molecule has 0 aliphatic heterocycles. The molecule has 0 saturated heterocycles. The van der Waals surface area contributed by atoms with Crippen molar-refractivity contribution in [1.82, 2.24) is 18.5 Å². The molecule has 0 unspecified atom stereocenters. The van der Waals surface area contributed by atoms with Crippen molar-refractivity contribution >= 4 is 38.6 Å². The number of imidazole rings is 2. The quantitative estimate of drug-likeness (QED) is 0.113. The minimum Gasteiger partial charge on any atom is -0.510 e. The van der Waals surface area contributed by atoms with E-state index in [1.54, 1.807) is 6.20 Å². The van der Waals surface area contributed by atoms with Crippen LogP contribution in [0.3, 0.4) is 0 Å². The Morgan fingerprint density at radius 2 is 1.38 bits per heavy atom. The van der Waals surface area contributed by atoms with Crippen LogP contribution in [-0.2, 0) is 21.1 Å². The molecule has 0 N–H and O–H groups in total. The molecule has 56 heavy (non-hydrogen) atoms. The zero-order valence-corrected chi connectivity index (χ0v) is 33.6. The second-order valence-corrected chi connectivity index (χ2v) is 14.5. The van der Waals surface area contributed by atoms with Crippen LogP contribution < -0.4 is 9.30 Å². The number of hydrogen-bond acceptors (Lipinski definition) is 3. The molecule has 0 aliphatic carbocycles. The maximum Gasteiger partial charge on any atom is 0.268 e. The first-order valence-electron chi connectivity index (χ1n) is 18.7. The van der Waals surface area contributed by atoms with E-state index in [9.17, 15) is 0 Å². The van der Waals surface area contributed by atoms with Gasteiger partial charge in [-0.2, -0.15) is 18.2 Å². The van der Waals surface area contributed by atoms with E-state index in [2.05, 4.69) is 134 Å². The Hall–Kier alpha value is -6.17. The van der Waals surface area contributed by atoms with Crippen LogP contribution in [0.1, 0.15) is 50.7 Å². The third kappa shape index (κ3) is 5.86. The van der Waals surface area contributed by atoms with Crippen molar-refractivity contribution in [3.63, 3.8) is 0 Å². The maximum atomic E-state index is 6.58. The molecule has 7 nitrogen and oxygen atoms in total. The number of nitrogens with zero attached hydrogens (tertiary/aromatic N) is 5. The minimum absolute atomic E-state index is 0. The molecule has 0 fully saturated rings. The molecular formula is C48H37N5O2Pt-2. The molecular weight excluding hydrogens is 874 g/mol. The molecule has 4 aromatic heterocycles. The van der Waals surface area contributed by atoms with Crippen molar-refractivity contribution in [2.24, 2.45) is 0 Å². The van der Waals surface area contributed by atoms with E-state index in [0.29, 0.717) is 35.0 Å². The van der Waals surface area contributed by atoms with Gasteiger partial charge in [0.2, 0.25) is 11.7 Å². The Bertz CT molecular complexity index is 3010. The van der Waals surface area contributed by atoms with E-state index >= 15 is 0 Å².